The van der Waals surface area contributed by atoms with Gasteiger partial charge in [0.1, 0.15) is 0 Å². The number of hydrogen-bond donors (Lipinski definition) is 4. The number of hydrogen-bond acceptors (Lipinski definition) is 7. The average molecular weight is 515 g/mol. The largest absolute Gasteiger partial charge is 0.396 e. The molecule has 3 aromatic rings. The number of H-pyrrole nitrogens is 1. The monoisotopic (exact) mass is 514 g/mol. The highest BCUT2D eigenvalue weighted by molar-refractivity contribution is 5.92. The third-order valence-corrected chi connectivity index (χ3v) is 8.22. The van der Waals surface area contributed by atoms with E-state index >= 15 is 0 Å². The molecule has 1 fully saturated rings. The third-order valence-electron chi connectivity index (χ3n) is 8.22. The van der Waals surface area contributed by atoms with E-state index in [2.05, 4.69) is 61.2 Å². The summed E-state index contributed by atoms with van der Waals surface area (Å²) in [5.74, 6) is 0.767. The highest BCUT2D eigenvalue weighted by atomic mass is 16.5. The molecule has 1 amide bonds. The number of carbonyl (C=O) groups is 1. The molecule has 1 atom stereocenters. The van der Waals surface area contributed by atoms with Crippen molar-refractivity contribution in [1.82, 2.24) is 25.3 Å². The minimum absolute atomic E-state index is 0.217. The molecule has 0 radical (unpaired) electrons. The zero-order chi connectivity index (χ0) is 26.1. The summed E-state index contributed by atoms with van der Waals surface area (Å²) in [7, 11) is 0. The lowest BCUT2D eigenvalue weighted by atomic mass is 9.88. The van der Waals surface area contributed by atoms with Gasteiger partial charge in [-0.1, -0.05) is 24.3 Å². The first-order valence-corrected chi connectivity index (χ1v) is 13.5. The van der Waals surface area contributed by atoms with E-state index in [0.29, 0.717) is 30.9 Å². The number of nitrogens with zero attached hydrogens (tertiary/aromatic N) is 4. The van der Waals surface area contributed by atoms with Crippen molar-refractivity contribution < 1.29 is 15.1 Å². The van der Waals surface area contributed by atoms with Gasteiger partial charge in [0.25, 0.3) is 5.91 Å². The quantitative estimate of drug-likeness (QED) is 0.294. The Kier molecular flexibility index (Phi) is 6.97. The summed E-state index contributed by atoms with van der Waals surface area (Å²) in [5, 5.41) is 19.5. The predicted octanol–water partition coefficient (Wildman–Crippen LogP) is 3.31. The number of likely N-dealkylation sites (tertiary alicyclic amines) is 1. The maximum Gasteiger partial charge on any atom is 0.277 e. The molecule has 2 aromatic heterocycles. The molecule has 0 bridgehead atoms. The van der Waals surface area contributed by atoms with E-state index < -0.39 is 5.91 Å². The highest BCUT2D eigenvalue weighted by Gasteiger charge is 2.24. The van der Waals surface area contributed by atoms with E-state index in [0.717, 1.165) is 57.4 Å². The zero-order valence-electron chi connectivity index (χ0n) is 21.4. The summed E-state index contributed by atoms with van der Waals surface area (Å²) in [5.41, 5.74) is 8.22. The molecule has 9 heteroatoms. The van der Waals surface area contributed by atoms with Crippen LogP contribution in [0.4, 0.5) is 5.95 Å². The Bertz CT molecular complexity index is 1370. The van der Waals surface area contributed by atoms with Gasteiger partial charge in [0.05, 0.1) is 5.56 Å². The number of aromatic nitrogens is 3. The molecular weight excluding hydrogens is 480 g/mol. The van der Waals surface area contributed by atoms with Crippen LogP contribution >= 0.6 is 0 Å². The maximum atomic E-state index is 11.6. The molecule has 9 nitrogen and oxygen atoms in total. The number of aliphatic hydroxyl groups is 1. The Morgan fingerprint density at radius 1 is 1.16 bits per heavy atom. The van der Waals surface area contributed by atoms with Gasteiger partial charge in [0.2, 0.25) is 5.95 Å². The van der Waals surface area contributed by atoms with E-state index in [1.807, 2.05) is 0 Å². The van der Waals surface area contributed by atoms with E-state index in [-0.39, 0.29) is 5.56 Å². The number of benzene rings is 1. The summed E-state index contributed by atoms with van der Waals surface area (Å²) in [4.78, 5) is 28.6. The SMILES string of the molecule is O=C(NO)c1cnc(N2CCc3[nH]c4ccc(C5C=C(CN6CCC(CO)CC6)C=CC5)cc4c3C2)nc1. The van der Waals surface area contributed by atoms with Crippen molar-refractivity contribution in [2.75, 3.05) is 37.7 Å². The molecule has 1 aromatic carbocycles. The fraction of sp³-hybridized carbons (Fsp3) is 0.414. The number of hydroxylamine groups is 1. The summed E-state index contributed by atoms with van der Waals surface area (Å²) >= 11 is 0. The average Bonchev–Trinajstić information content (AvgIpc) is 3.34. The molecule has 6 rings (SSSR count). The van der Waals surface area contributed by atoms with Crippen LogP contribution in [0.2, 0.25) is 0 Å². The fourth-order valence-electron chi connectivity index (χ4n) is 5.97. The van der Waals surface area contributed by atoms with Gasteiger partial charge in [-0.15, -0.1) is 0 Å². The van der Waals surface area contributed by atoms with Gasteiger partial charge in [-0.05, 0) is 61.5 Å². The first-order valence-electron chi connectivity index (χ1n) is 13.5. The number of rotatable bonds is 6. The van der Waals surface area contributed by atoms with Crippen LogP contribution in [-0.4, -0.2) is 68.9 Å². The van der Waals surface area contributed by atoms with Gasteiger partial charge in [0, 0.05) is 73.1 Å². The normalized spacial score (nSPS) is 20.4. The van der Waals surface area contributed by atoms with Crippen LogP contribution in [-0.2, 0) is 13.0 Å². The molecule has 4 N–H and O–H groups in total. The number of fused-ring (bicyclic) bond motifs is 3. The second kappa shape index (κ2) is 10.7. The van der Waals surface area contributed by atoms with Crippen LogP contribution < -0.4 is 10.4 Å². The molecule has 198 valence electrons. The van der Waals surface area contributed by atoms with E-state index in [9.17, 15) is 9.90 Å². The minimum Gasteiger partial charge on any atom is -0.396 e. The number of nitrogens with one attached hydrogen (secondary N) is 2. The van der Waals surface area contributed by atoms with Gasteiger partial charge < -0.3 is 15.0 Å². The lowest BCUT2D eigenvalue weighted by molar-refractivity contribution is 0.0705. The molecule has 2 aliphatic heterocycles. The molecule has 1 aliphatic carbocycles. The van der Waals surface area contributed by atoms with Crippen LogP contribution in [0.15, 0.2) is 54.4 Å². The first kappa shape index (κ1) is 24.8. The van der Waals surface area contributed by atoms with Gasteiger partial charge in [-0.3, -0.25) is 14.9 Å². The van der Waals surface area contributed by atoms with E-state index in [4.69, 9.17) is 5.21 Å². The van der Waals surface area contributed by atoms with Crippen LogP contribution in [0.1, 0.15) is 52.4 Å². The highest BCUT2D eigenvalue weighted by Crippen LogP contribution is 2.34. The van der Waals surface area contributed by atoms with E-state index in [1.165, 1.54) is 40.2 Å². The van der Waals surface area contributed by atoms with Gasteiger partial charge >= 0.3 is 0 Å². The summed E-state index contributed by atoms with van der Waals surface area (Å²) in [6, 6.07) is 6.80. The number of allylic oxidation sites excluding steroid dienone is 2. The Morgan fingerprint density at radius 3 is 2.74 bits per heavy atom. The maximum absolute atomic E-state index is 11.6. The number of aromatic amines is 1. The van der Waals surface area contributed by atoms with Crippen molar-refractivity contribution >= 4 is 22.8 Å². The number of piperidine rings is 1. The first-order chi connectivity index (χ1) is 18.6. The molecular formula is C29H34N6O3. The Labute approximate surface area is 221 Å². The number of carbonyl (C=O) groups excluding carboxylic acids is 1. The second-order valence-electron chi connectivity index (χ2n) is 10.7. The van der Waals surface area contributed by atoms with Crippen LogP contribution in [0.5, 0.6) is 0 Å². The van der Waals surface area contributed by atoms with Crippen LogP contribution in [0.3, 0.4) is 0 Å². The molecule has 1 unspecified atom stereocenters. The number of amides is 1. The number of aliphatic hydroxyl groups excluding tert-OH is 1. The molecule has 3 aliphatic rings. The van der Waals surface area contributed by atoms with Crippen molar-refractivity contribution in [2.45, 2.75) is 38.1 Å². The molecule has 4 heterocycles. The standard InChI is InChI=1S/C29H34N6O3/c36-18-19-6-9-34(10-7-19)16-20-2-1-3-21(12-20)22-4-5-26-24(13-22)25-17-35(11-8-27(25)32-26)29-30-14-23(15-31-29)28(37)33-38/h1-2,4-5,12-15,19,21,32,36,38H,3,6-11,16-18H2,(H,33,37). The summed E-state index contributed by atoms with van der Waals surface area (Å²) in [6.45, 7) is 4.87. The Morgan fingerprint density at radius 2 is 1.97 bits per heavy atom. The van der Waals surface area contributed by atoms with Gasteiger partial charge in [-0.25, -0.2) is 15.4 Å². The lowest BCUT2D eigenvalue weighted by Gasteiger charge is -2.32. The van der Waals surface area contributed by atoms with Crippen molar-refractivity contribution in [1.29, 1.82) is 0 Å². The predicted molar refractivity (Wildman–Crippen MR) is 145 cm³/mol. The lowest BCUT2D eigenvalue weighted by Crippen LogP contribution is -2.36. The smallest absolute Gasteiger partial charge is 0.277 e. The molecule has 0 saturated carbocycles. The molecule has 0 spiro atoms. The second-order valence-corrected chi connectivity index (χ2v) is 10.7. The number of anilines is 1. The van der Waals surface area contributed by atoms with Crippen molar-refractivity contribution in [3.05, 3.63) is 76.8 Å². The van der Waals surface area contributed by atoms with Gasteiger partial charge in [0.15, 0.2) is 0 Å². The summed E-state index contributed by atoms with van der Waals surface area (Å²) < 4.78 is 0. The molecule has 38 heavy (non-hydrogen) atoms. The topological polar surface area (TPSA) is 118 Å². The fourth-order valence-corrected chi connectivity index (χ4v) is 5.97. The molecule has 1 saturated heterocycles. The van der Waals surface area contributed by atoms with Crippen molar-refractivity contribution in [2.24, 2.45) is 5.92 Å². The minimum atomic E-state index is -0.623. The van der Waals surface area contributed by atoms with E-state index in [1.54, 1.807) is 5.48 Å². The van der Waals surface area contributed by atoms with Crippen molar-refractivity contribution in [3.8, 4) is 0 Å². The Hall–Kier alpha value is -3.53. The van der Waals surface area contributed by atoms with Crippen LogP contribution in [0, 0.1) is 5.92 Å². The third kappa shape index (κ3) is 4.97. The Balaban J connectivity index is 1.20. The van der Waals surface area contributed by atoms with Crippen molar-refractivity contribution in [3.63, 3.8) is 0 Å². The zero-order valence-corrected chi connectivity index (χ0v) is 21.4. The van der Waals surface area contributed by atoms with Crippen LogP contribution in [0.25, 0.3) is 10.9 Å². The summed E-state index contributed by atoms with van der Waals surface area (Å²) in [6.07, 6.45) is 13.9. The van der Waals surface area contributed by atoms with Gasteiger partial charge in [-0.2, -0.15) is 0 Å².